The number of hydrogen-bond donors (Lipinski definition) is 0. The molecule has 1 aliphatic heterocycles. The van der Waals surface area contributed by atoms with Crippen molar-refractivity contribution in [3.05, 3.63) is 0 Å². The molecule has 1 heterocycles. The van der Waals surface area contributed by atoms with E-state index < -0.39 is 36.2 Å². The van der Waals surface area contributed by atoms with Crippen LogP contribution in [0.5, 0.6) is 0 Å². The van der Waals surface area contributed by atoms with E-state index in [9.17, 15) is 39.5 Å². The number of alkyl halides is 9. The molecule has 0 aromatic carbocycles. The molecular weight excluding hydrogens is 271 g/mol. The quantitative estimate of drug-likeness (QED) is 0.569. The summed E-state index contributed by atoms with van der Waals surface area (Å²) in [6.45, 7) is 0.848. The van der Waals surface area contributed by atoms with Gasteiger partial charge in [-0.1, -0.05) is 0 Å². The lowest BCUT2D eigenvalue weighted by Crippen LogP contribution is -2.62. The van der Waals surface area contributed by atoms with Crippen molar-refractivity contribution in [1.29, 1.82) is 0 Å². The van der Waals surface area contributed by atoms with Gasteiger partial charge >= 0.3 is 23.9 Å². The van der Waals surface area contributed by atoms with Crippen LogP contribution in [0.15, 0.2) is 0 Å². The summed E-state index contributed by atoms with van der Waals surface area (Å²) in [5.41, 5.74) is 0. The van der Waals surface area contributed by atoms with E-state index >= 15 is 0 Å². The molecule has 0 amide bonds. The van der Waals surface area contributed by atoms with Crippen LogP contribution in [0, 0.1) is 0 Å². The van der Waals surface area contributed by atoms with Crippen molar-refractivity contribution in [3.63, 3.8) is 0 Å². The van der Waals surface area contributed by atoms with Gasteiger partial charge in [0.05, 0.1) is 6.10 Å². The average Bonchev–Trinajstić information content (AvgIpc) is 2.80. The van der Waals surface area contributed by atoms with Gasteiger partial charge in [0.25, 0.3) is 0 Å². The number of rotatable bonds is 3. The van der Waals surface area contributed by atoms with Crippen molar-refractivity contribution in [1.82, 2.24) is 0 Å². The van der Waals surface area contributed by atoms with E-state index in [1.807, 2.05) is 0 Å². The van der Waals surface area contributed by atoms with Crippen LogP contribution in [0.4, 0.5) is 39.5 Å². The van der Waals surface area contributed by atoms with Crippen LogP contribution in [0.1, 0.15) is 6.92 Å². The molecule has 0 bridgehead atoms. The number of halogens is 9. The first-order valence-electron chi connectivity index (χ1n) is 4.12. The van der Waals surface area contributed by atoms with Crippen molar-refractivity contribution >= 4 is 0 Å². The molecule has 17 heavy (non-hydrogen) atoms. The standard InChI is InChI=1S/C7H5F9O/c1-2-3(17-2)4(8,9)5(10,11)6(12,13)7(14,15)16/h2-3H,1H3. The van der Waals surface area contributed by atoms with Crippen molar-refractivity contribution in [2.24, 2.45) is 0 Å². The zero-order valence-corrected chi connectivity index (χ0v) is 7.96. The summed E-state index contributed by atoms with van der Waals surface area (Å²) in [7, 11) is 0. The Kier molecular flexibility index (Phi) is 2.90. The molecule has 0 aromatic heterocycles. The first kappa shape index (κ1) is 14.4. The topological polar surface area (TPSA) is 12.5 Å². The van der Waals surface area contributed by atoms with Gasteiger partial charge in [-0.2, -0.15) is 39.5 Å². The van der Waals surface area contributed by atoms with Gasteiger partial charge in [-0.15, -0.1) is 0 Å². The van der Waals surface area contributed by atoms with Gasteiger partial charge < -0.3 is 4.74 Å². The minimum atomic E-state index is -6.84. The van der Waals surface area contributed by atoms with Crippen LogP contribution in [0.3, 0.4) is 0 Å². The highest BCUT2D eigenvalue weighted by atomic mass is 19.4. The van der Waals surface area contributed by atoms with Crippen molar-refractivity contribution in [3.8, 4) is 0 Å². The van der Waals surface area contributed by atoms with E-state index in [0.29, 0.717) is 0 Å². The highest BCUT2D eigenvalue weighted by Crippen LogP contribution is 2.57. The molecular formula is C7H5F9O. The van der Waals surface area contributed by atoms with Gasteiger partial charge in [-0.05, 0) is 6.92 Å². The van der Waals surface area contributed by atoms with Crippen LogP contribution in [0.25, 0.3) is 0 Å². The molecule has 1 rings (SSSR count). The Morgan fingerprint density at radius 2 is 1.12 bits per heavy atom. The smallest absolute Gasteiger partial charge is 0.363 e. The van der Waals surface area contributed by atoms with Gasteiger partial charge in [0, 0.05) is 0 Å². The molecule has 0 spiro atoms. The Morgan fingerprint density at radius 3 is 1.35 bits per heavy atom. The summed E-state index contributed by atoms with van der Waals surface area (Å²) >= 11 is 0. The minimum Gasteiger partial charge on any atom is -0.363 e. The lowest BCUT2D eigenvalue weighted by Gasteiger charge is -2.32. The van der Waals surface area contributed by atoms with E-state index in [2.05, 4.69) is 4.74 Å². The molecule has 1 nitrogen and oxygen atoms in total. The zero-order chi connectivity index (χ0) is 13.9. The van der Waals surface area contributed by atoms with Gasteiger partial charge in [0.15, 0.2) is 6.10 Å². The number of ether oxygens (including phenoxy) is 1. The molecule has 10 heteroatoms. The highest BCUT2D eigenvalue weighted by molar-refractivity contribution is 5.08. The summed E-state index contributed by atoms with van der Waals surface area (Å²) < 4.78 is 114. The molecule has 0 saturated carbocycles. The van der Waals surface area contributed by atoms with Crippen LogP contribution in [-0.2, 0) is 4.74 Å². The van der Waals surface area contributed by atoms with Crippen molar-refractivity contribution in [2.75, 3.05) is 0 Å². The third-order valence-corrected chi connectivity index (χ3v) is 2.24. The molecule has 2 unspecified atom stereocenters. The van der Waals surface area contributed by atoms with Crippen LogP contribution in [-0.4, -0.2) is 36.2 Å². The van der Waals surface area contributed by atoms with Crippen LogP contribution in [0.2, 0.25) is 0 Å². The second kappa shape index (κ2) is 3.42. The SMILES string of the molecule is CC1OC1C(F)(F)C(F)(F)C(F)(F)C(F)(F)F. The minimum absolute atomic E-state index is 0.848. The summed E-state index contributed by atoms with van der Waals surface area (Å²) in [5, 5.41) is 0. The van der Waals surface area contributed by atoms with E-state index in [-0.39, 0.29) is 0 Å². The van der Waals surface area contributed by atoms with E-state index in [4.69, 9.17) is 0 Å². The lowest BCUT2D eigenvalue weighted by atomic mass is 10.00. The Labute approximate surface area is 88.5 Å². The van der Waals surface area contributed by atoms with E-state index in [1.54, 1.807) is 0 Å². The third-order valence-electron chi connectivity index (χ3n) is 2.24. The second-order valence-electron chi connectivity index (χ2n) is 3.53. The zero-order valence-electron chi connectivity index (χ0n) is 7.96. The predicted molar refractivity (Wildman–Crippen MR) is 35.2 cm³/mol. The lowest BCUT2D eigenvalue weighted by molar-refractivity contribution is -0.397. The Bertz CT molecular complexity index is 307. The molecule has 2 atom stereocenters. The normalized spacial score (nSPS) is 27.2. The van der Waals surface area contributed by atoms with Gasteiger partial charge in [0.2, 0.25) is 0 Å². The Balaban J connectivity index is 3.10. The fourth-order valence-electron chi connectivity index (χ4n) is 1.13. The second-order valence-corrected chi connectivity index (χ2v) is 3.53. The van der Waals surface area contributed by atoms with Crippen LogP contribution < -0.4 is 0 Å². The summed E-state index contributed by atoms with van der Waals surface area (Å²) in [6.07, 6.45) is -10.9. The molecule has 0 radical (unpaired) electrons. The largest absolute Gasteiger partial charge is 0.460 e. The average molecular weight is 276 g/mol. The highest BCUT2D eigenvalue weighted by Gasteiger charge is 2.85. The maximum absolute atomic E-state index is 12.8. The molecule has 1 fully saturated rings. The fourth-order valence-corrected chi connectivity index (χ4v) is 1.13. The maximum atomic E-state index is 12.8. The van der Waals surface area contributed by atoms with Crippen molar-refractivity contribution in [2.45, 2.75) is 43.1 Å². The number of epoxide rings is 1. The van der Waals surface area contributed by atoms with E-state index in [1.165, 1.54) is 0 Å². The van der Waals surface area contributed by atoms with Gasteiger partial charge in [-0.25, -0.2) is 0 Å². The molecule has 0 aliphatic carbocycles. The number of hydrogen-bond acceptors (Lipinski definition) is 1. The molecule has 1 saturated heterocycles. The summed E-state index contributed by atoms with van der Waals surface area (Å²) in [6, 6.07) is 0. The van der Waals surface area contributed by atoms with Gasteiger partial charge in [-0.3, -0.25) is 0 Å². The molecule has 0 N–H and O–H groups in total. The molecule has 1 aliphatic rings. The maximum Gasteiger partial charge on any atom is 0.460 e. The van der Waals surface area contributed by atoms with Crippen molar-refractivity contribution < 1.29 is 44.3 Å². The van der Waals surface area contributed by atoms with E-state index in [0.717, 1.165) is 6.92 Å². The monoisotopic (exact) mass is 276 g/mol. The first-order chi connectivity index (χ1) is 7.27. The first-order valence-corrected chi connectivity index (χ1v) is 4.12. The third kappa shape index (κ3) is 1.85. The molecule has 0 aromatic rings. The predicted octanol–water partition coefficient (Wildman–Crippen LogP) is 3.24. The van der Waals surface area contributed by atoms with Gasteiger partial charge in [0.1, 0.15) is 0 Å². The summed E-state index contributed by atoms with van der Waals surface area (Å²) in [4.78, 5) is 0. The summed E-state index contributed by atoms with van der Waals surface area (Å²) in [5.74, 6) is -19.0. The Hall–Kier alpha value is -0.670. The Morgan fingerprint density at radius 1 is 0.765 bits per heavy atom. The van der Waals surface area contributed by atoms with Crippen LogP contribution >= 0.6 is 0 Å². The molecule has 102 valence electrons. The fraction of sp³-hybridized carbons (Fsp3) is 1.00.